The van der Waals surface area contributed by atoms with Gasteiger partial charge in [0.25, 0.3) is 0 Å². The molecule has 136 valence electrons. The Morgan fingerprint density at radius 1 is 1.00 bits per heavy atom. The lowest BCUT2D eigenvalue weighted by atomic mass is 10.0. The lowest BCUT2D eigenvalue weighted by molar-refractivity contribution is -0.139. The Balaban J connectivity index is 1.66. The van der Waals surface area contributed by atoms with Gasteiger partial charge in [0.05, 0.1) is 0 Å². The molecule has 1 aromatic carbocycles. The monoisotopic (exact) mass is 345 g/mol. The summed E-state index contributed by atoms with van der Waals surface area (Å²) < 4.78 is 0. The summed E-state index contributed by atoms with van der Waals surface area (Å²) >= 11 is 0. The van der Waals surface area contributed by atoms with E-state index >= 15 is 0 Å². The number of hydrogen-bond donors (Lipinski definition) is 1. The molecule has 1 N–H and O–H groups in total. The van der Waals surface area contributed by atoms with Gasteiger partial charge in [0.1, 0.15) is 0 Å². The second-order valence-corrected chi connectivity index (χ2v) is 6.50. The molecule has 6 nitrogen and oxygen atoms in total. The average molecular weight is 345 g/mol. The zero-order valence-corrected chi connectivity index (χ0v) is 15.0. The van der Waals surface area contributed by atoms with Crippen LogP contribution in [-0.4, -0.2) is 60.2 Å². The molecule has 0 aromatic heterocycles. The molecule has 6 heteroatoms. The molecular weight excluding hydrogens is 318 g/mol. The fraction of sp³-hybridized carbons (Fsp3) is 0.526. The summed E-state index contributed by atoms with van der Waals surface area (Å²) in [5, 5.41) is 2.90. The second kappa shape index (κ2) is 9.20. The van der Waals surface area contributed by atoms with Gasteiger partial charge in [-0.2, -0.15) is 0 Å². The van der Waals surface area contributed by atoms with Crippen molar-refractivity contribution in [2.24, 2.45) is 0 Å². The lowest BCUT2D eigenvalue weighted by Crippen LogP contribution is -2.50. The zero-order valence-electron chi connectivity index (χ0n) is 15.0. The zero-order chi connectivity index (χ0) is 18.2. The summed E-state index contributed by atoms with van der Waals surface area (Å²) in [6.07, 6.45) is 0.416. The van der Waals surface area contributed by atoms with Crippen LogP contribution in [0.3, 0.4) is 0 Å². The minimum absolute atomic E-state index is 0.0190. The third-order valence-corrected chi connectivity index (χ3v) is 4.62. The Morgan fingerprint density at radius 2 is 1.60 bits per heavy atom. The van der Waals surface area contributed by atoms with Crippen molar-refractivity contribution in [2.45, 2.75) is 32.6 Å². The molecule has 1 aliphatic heterocycles. The van der Waals surface area contributed by atoms with Gasteiger partial charge in [-0.15, -0.1) is 0 Å². The molecule has 0 radical (unpaired) electrons. The fourth-order valence-corrected chi connectivity index (χ4v) is 2.90. The summed E-state index contributed by atoms with van der Waals surface area (Å²) in [7, 11) is 0. The molecule has 0 spiro atoms. The Kier molecular flexibility index (Phi) is 6.98. The van der Waals surface area contributed by atoms with Gasteiger partial charge in [0.15, 0.2) is 0 Å². The van der Waals surface area contributed by atoms with E-state index in [2.05, 4.69) is 12.2 Å². The molecule has 3 amide bonds. The average Bonchev–Trinajstić information content (AvgIpc) is 2.64. The molecule has 0 saturated carbocycles. The van der Waals surface area contributed by atoms with Gasteiger partial charge >= 0.3 is 0 Å². The van der Waals surface area contributed by atoms with Gasteiger partial charge in [-0.25, -0.2) is 0 Å². The van der Waals surface area contributed by atoms with Crippen LogP contribution in [-0.2, 0) is 14.4 Å². The van der Waals surface area contributed by atoms with Crippen LogP contribution in [0.1, 0.15) is 38.2 Å². The van der Waals surface area contributed by atoms with Gasteiger partial charge < -0.3 is 15.1 Å². The van der Waals surface area contributed by atoms with Crippen LogP contribution in [0.2, 0.25) is 0 Å². The van der Waals surface area contributed by atoms with Gasteiger partial charge in [-0.3, -0.25) is 14.4 Å². The SMILES string of the molecule is CC(=O)N1CCN(C(=O)CCC(=O)NC[C@H](C)c2ccccc2)CC1. The van der Waals surface area contributed by atoms with Crippen molar-refractivity contribution in [3.63, 3.8) is 0 Å². The standard InChI is InChI=1S/C19H27N3O3/c1-15(17-6-4-3-5-7-17)14-20-18(24)8-9-19(25)22-12-10-21(11-13-22)16(2)23/h3-7,15H,8-14H2,1-2H3,(H,20,24)/t15-/m0/s1. The molecule has 0 unspecified atom stereocenters. The van der Waals surface area contributed by atoms with E-state index in [4.69, 9.17) is 0 Å². The first-order valence-electron chi connectivity index (χ1n) is 8.82. The molecular formula is C19H27N3O3. The van der Waals surface area contributed by atoms with Gasteiger partial charge in [-0.1, -0.05) is 37.3 Å². The van der Waals surface area contributed by atoms with Gasteiger partial charge in [0, 0.05) is 52.5 Å². The normalized spacial score (nSPS) is 15.6. The van der Waals surface area contributed by atoms with Crippen LogP contribution in [0.4, 0.5) is 0 Å². The number of hydrogen-bond acceptors (Lipinski definition) is 3. The quantitative estimate of drug-likeness (QED) is 0.847. The molecule has 1 atom stereocenters. The number of carbonyl (C=O) groups is 3. The van der Waals surface area contributed by atoms with E-state index in [-0.39, 0.29) is 36.5 Å². The van der Waals surface area contributed by atoms with Crippen molar-refractivity contribution in [1.29, 1.82) is 0 Å². The number of amides is 3. The number of nitrogens with zero attached hydrogens (tertiary/aromatic N) is 2. The predicted octanol–water partition coefficient (Wildman–Crippen LogP) is 1.38. The first-order chi connectivity index (χ1) is 12.0. The number of carbonyl (C=O) groups excluding carboxylic acids is 3. The van der Waals surface area contributed by atoms with Crippen LogP contribution in [0.15, 0.2) is 30.3 Å². The largest absolute Gasteiger partial charge is 0.355 e. The summed E-state index contributed by atoms with van der Waals surface area (Å²) in [4.78, 5) is 38.9. The van der Waals surface area contributed by atoms with E-state index in [0.717, 1.165) is 0 Å². The van der Waals surface area contributed by atoms with E-state index in [1.165, 1.54) is 12.5 Å². The Labute approximate surface area is 149 Å². The van der Waals surface area contributed by atoms with Crippen molar-refractivity contribution >= 4 is 17.7 Å². The number of benzene rings is 1. The van der Waals surface area contributed by atoms with E-state index in [0.29, 0.717) is 32.7 Å². The highest BCUT2D eigenvalue weighted by molar-refractivity contribution is 5.84. The first-order valence-corrected chi connectivity index (χ1v) is 8.82. The highest BCUT2D eigenvalue weighted by Crippen LogP contribution is 2.13. The summed E-state index contributed by atoms with van der Waals surface area (Å²) in [5.74, 6) is 0.160. The smallest absolute Gasteiger partial charge is 0.223 e. The van der Waals surface area contributed by atoms with Crippen LogP contribution in [0.25, 0.3) is 0 Å². The van der Waals surface area contributed by atoms with E-state index in [1.54, 1.807) is 9.80 Å². The van der Waals surface area contributed by atoms with Crippen LogP contribution in [0, 0.1) is 0 Å². The number of nitrogens with one attached hydrogen (secondary N) is 1. The molecule has 1 heterocycles. The summed E-state index contributed by atoms with van der Waals surface area (Å²) in [6, 6.07) is 10.0. The minimum atomic E-state index is -0.0986. The van der Waals surface area contributed by atoms with Crippen LogP contribution >= 0.6 is 0 Å². The number of piperazine rings is 1. The molecule has 25 heavy (non-hydrogen) atoms. The highest BCUT2D eigenvalue weighted by atomic mass is 16.2. The van der Waals surface area contributed by atoms with Crippen molar-refractivity contribution in [3.8, 4) is 0 Å². The van der Waals surface area contributed by atoms with Crippen molar-refractivity contribution < 1.29 is 14.4 Å². The molecule has 0 bridgehead atoms. The fourth-order valence-electron chi connectivity index (χ4n) is 2.90. The van der Waals surface area contributed by atoms with Crippen molar-refractivity contribution in [1.82, 2.24) is 15.1 Å². The van der Waals surface area contributed by atoms with E-state index in [1.807, 2.05) is 30.3 Å². The summed E-state index contributed by atoms with van der Waals surface area (Å²) in [6.45, 7) is 6.40. The predicted molar refractivity (Wildman–Crippen MR) is 95.9 cm³/mol. The maximum absolute atomic E-state index is 12.2. The summed E-state index contributed by atoms with van der Waals surface area (Å²) in [5.41, 5.74) is 1.18. The Hall–Kier alpha value is -2.37. The molecule has 2 rings (SSSR count). The van der Waals surface area contributed by atoms with Crippen LogP contribution in [0.5, 0.6) is 0 Å². The molecule has 1 fully saturated rings. The highest BCUT2D eigenvalue weighted by Gasteiger charge is 2.22. The Morgan fingerprint density at radius 3 is 2.20 bits per heavy atom. The number of rotatable bonds is 6. The lowest BCUT2D eigenvalue weighted by Gasteiger charge is -2.34. The Bertz CT molecular complexity index is 595. The molecule has 0 aliphatic carbocycles. The van der Waals surface area contributed by atoms with Crippen molar-refractivity contribution in [3.05, 3.63) is 35.9 Å². The maximum atomic E-state index is 12.2. The van der Waals surface area contributed by atoms with E-state index < -0.39 is 0 Å². The molecule has 1 aliphatic rings. The first kappa shape index (κ1) is 19.0. The topological polar surface area (TPSA) is 69.7 Å². The maximum Gasteiger partial charge on any atom is 0.223 e. The van der Waals surface area contributed by atoms with Crippen molar-refractivity contribution in [2.75, 3.05) is 32.7 Å². The molecule has 1 aromatic rings. The minimum Gasteiger partial charge on any atom is -0.355 e. The van der Waals surface area contributed by atoms with Gasteiger partial charge in [-0.05, 0) is 11.5 Å². The second-order valence-electron chi connectivity index (χ2n) is 6.50. The van der Waals surface area contributed by atoms with E-state index in [9.17, 15) is 14.4 Å². The third-order valence-electron chi connectivity index (χ3n) is 4.62. The van der Waals surface area contributed by atoms with Gasteiger partial charge in [0.2, 0.25) is 17.7 Å². The molecule has 1 saturated heterocycles. The third kappa shape index (κ3) is 5.89. The van der Waals surface area contributed by atoms with Crippen LogP contribution < -0.4 is 5.32 Å².